The van der Waals surface area contributed by atoms with E-state index in [2.05, 4.69) is 43.3 Å². The Morgan fingerprint density at radius 1 is 1.53 bits per heavy atom. The molecule has 0 amide bonds. The third kappa shape index (κ3) is 4.30. The third-order valence-electron chi connectivity index (χ3n) is 2.20. The van der Waals surface area contributed by atoms with Crippen molar-refractivity contribution in [3.63, 3.8) is 0 Å². The maximum Gasteiger partial charge on any atom is 0.0606 e. The van der Waals surface area contributed by atoms with Crippen LogP contribution in [0.4, 0.5) is 0 Å². The summed E-state index contributed by atoms with van der Waals surface area (Å²) >= 11 is 0. The Bertz CT molecular complexity index is 300. The lowest BCUT2D eigenvalue weighted by Gasteiger charge is -2.05. The number of aryl methyl sites for hydroxylation is 1. The smallest absolute Gasteiger partial charge is 0.0606 e. The van der Waals surface area contributed by atoms with E-state index in [1.54, 1.807) is 0 Å². The van der Waals surface area contributed by atoms with Crippen LogP contribution in [0.15, 0.2) is 18.3 Å². The van der Waals surface area contributed by atoms with E-state index in [0.29, 0.717) is 6.04 Å². The van der Waals surface area contributed by atoms with Gasteiger partial charge in [-0.25, -0.2) is 0 Å². The maximum absolute atomic E-state index is 4.21. The lowest BCUT2D eigenvalue weighted by Crippen LogP contribution is -2.23. The van der Waals surface area contributed by atoms with Gasteiger partial charge >= 0.3 is 0 Å². The number of aromatic nitrogens is 2. The zero-order chi connectivity index (χ0) is 11.1. The van der Waals surface area contributed by atoms with Gasteiger partial charge in [0.05, 0.1) is 5.69 Å². The summed E-state index contributed by atoms with van der Waals surface area (Å²) in [7, 11) is 0. The molecule has 0 fully saturated rings. The molecule has 15 heavy (non-hydrogen) atoms. The molecule has 1 aromatic heterocycles. The Labute approximate surface area is 92.2 Å². The molecule has 0 aliphatic carbocycles. The summed E-state index contributed by atoms with van der Waals surface area (Å²) in [6.07, 6.45) is 7.24. The van der Waals surface area contributed by atoms with Crippen LogP contribution in [-0.4, -0.2) is 22.4 Å². The van der Waals surface area contributed by atoms with Gasteiger partial charge in [-0.3, -0.25) is 4.68 Å². The average Bonchev–Trinajstić information content (AvgIpc) is 2.64. The van der Waals surface area contributed by atoms with Crippen LogP contribution in [0.3, 0.4) is 0 Å². The Morgan fingerprint density at radius 2 is 2.33 bits per heavy atom. The van der Waals surface area contributed by atoms with E-state index in [4.69, 9.17) is 0 Å². The van der Waals surface area contributed by atoms with Gasteiger partial charge in [-0.15, -0.1) is 0 Å². The second kappa shape index (κ2) is 6.40. The number of rotatable bonds is 6. The number of hydrogen-bond donors (Lipinski definition) is 1. The first kappa shape index (κ1) is 12.0. The molecule has 1 aromatic rings. The molecule has 3 heteroatoms. The molecule has 0 saturated heterocycles. The van der Waals surface area contributed by atoms with Crippen molar-refractivity contribution in [2.75, 3.05) is 6.54 Å². The highest BCUT2D eigenvalue weighted by atomic mass is 15.3. The highest BCUT2D eigenvalue weighted by molar-refractivity contribution is 5.44. The first-order valence-corrected chi connectivity index (χ1v) is 5.65. The predicted octanol–water partition coefficient (Wildman–Crippen LogP) is 2.30. The molecule has 0 bridgehead atoms. The highest BCUT2D eigenvalue weighted by Crippen LogP contribution is 2.01. The van der Waals surface area contributed by atoms with Crippen LogP contribution in [0.2, 0.25) is 0 Å². The minimum atomic E-state index is 0.569. The number of hydrogen-bond acceptors (Lipinski definition) is 2. The molecule has 0 unspecified atom stereocenters. The fourth-order valence-electron chi connectivity index (χ4n) is 1.41. The number of nitrogens with one attached hydrogen (secondary N) is 1. The molecule has 0 aromatic carbocycles. The van der Waals surface area contributed by atoms with E-state index in [1.165, 1.54) is 5.69 Å². The van der Waals surface area contributed by atoms with E-state index < -0.39 is 0 Å². The van der Waals surface area contributed by atoms with Crippen LogP contribution in [0.25, 0.3) is 6.08 Å². The molecule has 0 radical (unpaired) electrons. The summed E-state index contributed by atoms with van der Waals surface area (Å²) in [4.78, 5) is 0. The van der Waals surface area contributed by atoms with E-state index in [0.717, 1.165) is 19.5 Å². The first-order valence-electron chi connectivity index (χ1n) is 5.65. The van der Waals surface area contributed by atoms with Gasteiger partial charge in [0.25, 0.3) is 0 Å². The molecule has 84 valence electrons. The van der Waals surface area contributed by atoms with E-state index in [1.807, 2.05) is 16.9 Å². The number of nitrogens with zero attached hydrogens (tertiary/aromatic N) is 2. The predicted molar refractivity (Wildman–Crippen MR) is 64.7 cm³/mol. The van der Waals surface area contributed by atoms with Crippen molar-refractivity contribution in [2.24, 2.45) is 0 Å². The molecule has 1 rings (SSSR count). The van der Waals surface area contributed by atoms with Crippen molar-refractivity contribution in [1.82, 2.24) is 15.1 Å². The average molecular weight is 207 g/mol. The molecule has 0 spiro atoms. The van der Waals surface area contributed by atoms with Crippen molar-refractivity contribution < 1.29 is 0 Å². The summed E-state index contributed by atoms with van der Waals surface area (Å²) in [5, 5.41) is 7.59. The SMILES string of the molecule is CCn1nccc1C=CCCNC(C)C. The van der Waals surface area contributed by atoms with Gasteiger partial charge in [-0.1, -0.05) is 19.9 Å². The fraction of sp³-hybridized carbons (Fsp3) is 0.583. The van der Waals surface area contributed by atoms with Crippen LogP contribution in [-0.2, 0) is 6.54 Å². The quantitative estimate of drug-likeness (QED) is 0.725. The zero-order valence-corrected chi connectivity index (χ0v) is 9.90. The van der Waals surface area contributed by atoms with Gasteiger partial charge in [0, 0.05) is 18.8 Å². The minimum Gasteiger partial charge on any atom is -0.314 e. The van der Waals surface area contributed by atoms with Crippen molar-refractivity contribution in [3.8, 4) is 0 Å². The second-order valence-electron chi connectivity index (χ2n) is 3.87. The lowest BCUT2D eigenvalue weighted by molar-refractivity contribution is 0.595. The summed E-state index contributed by atoms with van der Waals surface area (Å²) in [6, 6.07) is 2.61. The fourth-order valence-corrected chi connectivity index (χ4v) is 1.41. The first-order chi connectivity index (χ1) is 7.24. The van der Waals surface area contributed by atoms with Crippen molar-refractivity contribution in [3.05, 3.63) is 24.0 Å². The second-order valence-corrected chi connectivity index (χ2v) is 3.87. The molecule has 0 aliphatic heterocycles. The third-order valence-corrected chi connectivity index (χ3v) is 2.20. The molecule has 1 N–H and O–H groups in total. The van der Waals surface area contributed by atoms with Gasteiger partial charge in [0.2, 0.25) is 0 Å². The molecule has 3 nitrogen and oxygen atoms in total. The zero-order valence-electron chi connectivity index (χ0n) is 9.90. The van der Waals surface area contributed by atoms with Gasteiger partial charge in [0.1, 0.15) is 0 Å². The maximum atomic E-state index is 4.21. The van der Waals surface area contributed by atoms with Gasteiger partial charge in [-0.2, -0.15) is 5.10 Å². The van der Waals surface area contributed by atoms with Crippen molar-refractivity contribution in [2.45, 2.75) is 39.8 Å². The van der Waals surface area contributed by atoms with Crippen LogP contribution in [0, 0.1) is 0 Å². The molecule has 0 saturated carbocycles. The minimum absolute atomic E-state index is 0.569. The molecule has 0 aliphatic rings. The standard InChI is InChI=1S/C12H21N3/c1-4-15-12(8-10-14-15)7-5-6-9-13-11(2)3/h5,7-8,10-11,13H,4,6,9H2,1-3H3. The summed E-state index contributed by atoms with van der Waals surface area (Å²) in [5.74, 6) is 0. The topological polar surface area (TPSA) is 29.9 Å². The Kier molecular flexibility index (Phi) is 5.12. The Morgan fingerprint density at radius 3 is 3.00 bits per heavy atom. The highest BCUT2D eigenvalue weighted by Gasteiger charge is 1.94. The van der Waals surface area contributed by atoms with Crippen LogP contribution < -0.4 is 5.32 Å². The van der Waals surface area contributed by atoms with E-state index >= 15 is 0 Å². The summed E-state index contributed by atoms with van der Waals surface area (Å²) in [5.41, 5.74) is 1.18. The molecular weight excluding hydrogens is 186 g/mol. The molecular formula is C12H21N3. The van der Waals surface area contributed by atoms with Gasteiger partial charge < -0.3 is 5.32 Å². The van der Waals surface area contributed by atoms with Crippen molar-refractivity contribution in [1.29, 1.82) is 0 Å². The van der Waals surface area contributed by atoms with Gasteiger partial charge in [0.15, 0.2) is 0 Å². The summed E-state index contributed by atoms with van der Waals surface area (Å²) < 4.78 is 1.99. The van der Waals surface area contributed by atoms with Gasteiger partial charge in [-0.05, 0) is 32.0 Å². The Hall–Kier alpha value is -1.09. The Balaban J connectivity index is 2.31. The van der Waals surface area contributed by atoms with Crippen LogP contribution in [0.5, 0.6) is 0 Å². The normalized spacial score (nSPS) is 11.7. The lowest BCUT2D eigenvalue weighted by atomic mass is 10.3. The monoisotopic (exact) mass is 207 g/mol. The molecule has 1 heterocycles. The molecule has 0 atom stereocenters. The van der Waals surface area contributed by atoms with E-state index in [-0.39, 0.29) is 0 Å². The van der Waals surface area contributed by atoms with Crippen LogP contribution in [0.1, 0.15) is 32.9 Å². The summed E-state index contributed by atoms with van der Waals surface area (Å²) in [6.45, 7) is 8.39. The van der Waals surface area contributed by atoms with E-state index in [9.17, 15) is 0 Å². The largest absolute Gasteiger partial charge is 0.314 e. The van der Waals surface area contributed by atoms with Crippen molar-refractivity contribution >= 4 is 6.08 Å². The van der Waals surface area contributed by atoms with Crippen LogP contribution >= 0.6 is 0 Å².